The molecule has 19 heavy (non-hydrogen) atoms. The number of aromatic nitrogens is 1. The summed E-state index contributed by atoms with van der Waals surface area (Å²) in [7, 11) is 0. The van der Waals surface area contributed by atoms with Gasteiger partial charge in [-0.1, -0.05) is 11.2 Å². The molecule has 100 valence electrons. The van der Waals surface area contributed by atoms with Gasteiger partial charge in [-0.05, 0) is 44.0 Å². The molecule has 3 aliphatic heterocycles. The maximum absolute atomic E-state index is 13.9. The van der Waals surface area contributed by atoms with Crippen molar-refractivity contribution in [2.24, 2.45) is 5.92 Å². The first kappa shape index (κ1) is 11.2. The van der Waals surface area contributed by atoms with Gasteiger partial charge in [-0.3, -0.25) is 0 Å². The molecule has 0 aliphatic carbocycles. The Labute approximate surface area is 110 Å². The van der Waals surface area contributed by atoms with E-state index in [9.17, 15) is 4.39 Å². The van der Waals surface area contributed by atoms with Crippen LogP contribution in [0.1, 0.15) is 12.8 Å². The normalized spacial score (nSPS) is 29.8. The quantitative estimate of drug-likeness (QED) is 0.901. The summed E-state index contributed by atoms with van der Waals surface area (Å²) in [6.45, 7) is 3.40. The van der Waals surface area contributed by atoms with E-state index in [0.29, 0.717) is 28.7 Å². The molecule has 5 heteroatoms. The largest absolute Gasteiger partial charge is 0.362 e. The molecule has 4 heterocycles. The standard InChI is InChI=1S/C14H16FN3O/c15-10-2-1-3-12-13(10)14(17-19-12)16-11-8-18-6-4-9(11)5-7-18/h1-3,9,11H,4-8H2,(H,16,17)/t11-/m1/s1. The lowest BCUT2D eigenvalue weighted by molar-refractivity contribution is 0.0973. The van der Waals surface area contributed by atoms with E-state index in [2.05, 4.69) is 15.4 Å². The summed E-state index contributed by atoms with van der Waals surface area (Å²) in [4.78, 5) is 2.45. The molecule has 0 saturated carbocycles. The monoisotopic (exact) mass is 261 g/mol. The van der Waals surface area contributed by atoms with Gasteiger partial charge in [0.1, 0.15) is 11.2 Å². The van der Waals surface area contributed by atoms with Gasteiger partial charge < -0.3 is 14.7 Å². The Bertz CT molecular complexity index is 604. The molecule has 1 aromatic carbocycles. The SMILES string of the molecule is Fc1cccc2onc(N[C@@H]3CN4CCC3CC4)c12. The summed E-state index contributed by atoms with van der Waals surface area (Å²) in [5, 5.41) is 7.85. The zero-order valence-corrected chi connectivity index (χ0v) is 10.6. The van der Waals surface area contributed by atoms with Gasteiger partial charge in [-0.25, -0.2) is 4.39 Å². The molecule has 0 spiro atoms. The summed E-state index contributed by atoms with van der Waals surface area (Å²) >= 11 is 0. The summed E-state index contributed by atoms with van der Waals surface area (Å²) < 4.78 is 19.1. The van der Waals surface area contributed by atoms with Gasteiger partial charge in [0, 0.05) is 12.6 Å². The van der Waals surface area contributed by atoms with Crippen molar-refractivity contribution in [2.75, 3.05) is 25.0 Å². The summed E-state index contributed by atoms with van der Waals surface area (Å²) in [6.07, 6.45) is 2.44. The summed E-state index contributed by atoms with van der Waals surface area (Å²) in [5.74, 6) is 0.942. The van der Waals surface area contributed by atoms with Crippen LogP contribution in [-0.4, -0.2) is 35.7 Å². The van der Waals surface area contributed by atoms with Crippen molar-refractivity contribution in [3.05, 3.63) is 24.0 Å². The molecule has 3 saturated heterocycles. The summed E-state index contributed by atoms with van der Waals surface area (Å²) in [6, 6.07) is 5.19. The molecule has 0 amide bonds. The molecule has 4 nitrogen and oxygen atoms in total. The number of nitrogens with zero attached hydrogens (tertiary/aromatic N) is 2. The zero-order chi connectivity index (χ0) is 12.8. The number of benzene rings is 1. The van der Waals surface area contributed by atoms with Crippen molar-refractivity contribution in [2.45, 2.75) is 18.9 Å². The third-order valence-corrected chi connectivity index (χ3v) is 4.43. The summed E-state index contributed by atoms with van der Waals surface area (Å²) in [5.41, 5.74) is 0.503. The highest BCUT2D eigenvalue weighted by molar-refractivity contribution is 5.88. The van der Waals surface area contributed by atoms with E-state index in [4.69, 9.17) is 4.52 Å². The highest BCUT2D eigenvalue weighted by Crippen LogP contribution is 2.32. The number of anilines is 1. The molecule has 1 N–H and O–H groups in total. The molecule has 3 aliphatic rings. The minimum absolute atomic E-state index is 0.275. The van der Waals surface area contributed by atoms with Crippen molar-refractivity contribution in [3.8, 4) is 0 Å². The van der Waals surface area contributed by atoms with E-state index in [0.717, 1.165) is 6.54 Å². The first-order valence-corrected chi connectivity index (χ1v) is 6.84. The van der Waals surface area contributed by atoms with E-state index in [1.807, 2.05) is 0 Å². The van der Waals surface area contributed by atoms with Gasteiger partial charge in [0.15, 0.2) is 11.4 Å². The Morgan fingerprint density at radius 2 is 2.16 bits per heavy atom. The molecule has 5 rings (SSSR count). The van der Waals surface area contributed by atoms with Crippen molar-refractivity contribution in [1.82, 2.24) is 10.1 Å². The van der Waals surface area contributed by atoms with Crippen LogP contribution in [0.2, 0.25) is 0 Å². The van der Waals surface area contributed by atoms with Crippen LogP contribution in [0.5, 0.6) is 0 Å². The van der Waals surface area contributed by atoms with Crippen molar-refractivity contribution >= 4 is 16.8 Å². The van der Waals surface area contributed by atoms with E-state index in [1.54, 1.807) is 12.1 Å². The van der Waals surface area contributed by atoms with Gasteiger partial charge in [0.05, 0.1) is 0 Å². The molecule has 2 bridgehead atoms. The molecule has 1 aromatic heterocycles. The Hall–Kier alpha value is -1.62. The van der Waals surface area contributed by atoms with Crippen LogP contribution in [0, 0.1) is 11.7 Å². The lowest BCUT2D eigenvalue weighted by atomic mass is 9.84. The number of rotatable bonds is 2. The van der Waals surface area contributed by atoms with Crippen LogP contribution in [0.4, 0.5) is 10.2 Å². The first-order chi connectivity index (χ1) is 9.31. The van der Waals surface area contributed by atoms with Crippen LogP contribution in [0.15, 0.2) is 22.7 Å². The second-order valence-electron chi connectivity index (χ2n) is 5.53. The topological polar surface area (TPSA) is 41.3 Å². The van der Waals surface area contributed by atoms with Gasteiger partial charge in [-0.15, -0.1) is 0 Å². The fourth-order valence-corrected chi connectivity index (χ4v) is 3.35. The van der Waals surface area contributed by atoms with Gasteiger partial charge in [0.2, 0.25) is 0 Å². The maximum atomic E-state index is 13.9. The first-order valence-electron chi connectivity index (χ1n) is 6.84. The van der Waals surface area contributed by atoms with E-state index >= 15 is 0 Å². The predicted molar refractivity (Wildman–Crippen MR) is 70.5 cm³/mol. The van der Waals surface area contributed by atoms with Crippen LogP contribution in [-0.2, 0) is 0 Å². The zero-order valence-electron chi connectivity index (χ0n) is 10.6. The number of piperidine rings is 3. The molecular weight excluding hydrogens is 245 g/mol. The minimum atomic E-state index is -0.275. The van der Waals surface area contributed by atoms with Crippen molar-refractivity contribution in [3.63, 3.8) is 0 Å². The highest BCUT2D eigenvalue weighted by Gasteiger charge is 2.34. The number of nitrogens with one attached hydrogen (secondary N) is 1. The van der Waals surface area contributed by atoms with Crippen molar-refractivity contribution < 1.29 is 8.91 Å². The molecule has 1 atom stereocenters. The minimum Gasteiger partial charge on any atom is -0.362 e. The fourth-order valence-electron chi connectivity index (χ4n) is 3.35. The van der Waals surface area contributed by atoms with Crippen molar-refractivity contribution in [1.29, 1.82) is 0 Å². The number of fused-ring (bicyclic) bond motifs is 4. The van der Waals surface area contributed by atoms with E-state index in [1.165, 1.54) is 32.0 Å². The third kappa shape index (κ3) is 1.80. The molecule has 0 unspecified atom stereocenters. The highest BCUT2D eigenvalue weighted by atomic mass is 19.1. The van der Waals surface area contributed by atoms with Gasteiger partial charge in [-0.2, -0.15) is 0 Å². The average molecular weight is 261 g/mol. The lowest BCUT2D eigenvalue weighted by Gasteiger charge is -2.44. The molecule has 3 fully saturated rings. The van der Waals surface area contributed by atoms with Gasteiger partial charge >= 0.3 is 0 Å². The Morgan fingerprint density at radius 1 is 1.32 bits per heavy atom. The second-order valence-corrected chi connectivity index (χ2v) is 5.53. The van der Waals surface area contributed by atoms with E-state index in [-0.39, 0.29) is 5.82 Å². The Kier molecular flexibility index (Phi) is 2.48. The third-order valence-electron chi connectivity index (χ3n) is 4.43. The second kappa shape index (κ2) is 4.20. The molecule has 2 aromatic rings. The van der Waals surface area contributed by atoms with Crippen LogP contribution >= 0.6 is 0 Å². The number of hydrogen-bond donors (Lipinski definition) is 1. The van der Waals surface area contributed by atoms with Gasteiger partial charge in [0.25, 0.3) is 0 Å². The Morgan fingerprint density at radius 3 is 2.89 bits per heavy atom. The van der Waals surface area contributed by atoms with Crippen LogP contribution < -0.4 is 5.32 Å². The smallest absolute Gasteiger partial charge is 0.180 e. The Balaban J connectivity index is 1.65. The van der Waals surface area contributed by atoms with Crippen LogP contribution in [0.25, 0.3) is 11.0 Å². The predicted octanol–water partition coefficient (Wildman–Crippen LogP) is 2.47. The molecular formula is C14H16FN3O. The van der Waals surface area contributed by atoms with Crippen LogP contribution in [0.3, 0.4) is 0 Å². The molecule has 0 radical (unpaired) electrons. The lowest BCUT2D eigenvalue weighted by Crippen LogP contribution is -2.53. The number of halogens is 1. The fraction of sp³-hybridized carbons (Fsp3) is 0.500. The number of hydrogen-bond acceptors (Lipinski definition) is 4. The maximum Gasteiger partial charge on any atom is 0.180 e. The average Bonchev–Trinajstić information content (AvgIpc) is 2.85. The van der Waals surface area contributed by atoms with E-state index < -0.39 is 0 Å².